The zero-order valence-corrected chi connectivity index (χ0v) is 25.1. The zero-order chi connectivity index (χ0) is 32.7. The molecule has 1 atom stereocenters. The average molecular weight is 674 g/mol. The maximum Gasteiger partial charge on any atom is 0.417 e. The highest BCUT2D eigenvalue weighted by Crippen LogP contribution is 2.42. The van der Waals surface area contributed by atoms with Gasteiger partial charge in [0.25, 0.3) is 10.0 Å². The van der Waals surface area contributed by atoms with E-state index in [-0.39, 0.29) is 35.9 Å². The number of alkyl halides is 6. The van der Waals surface area contributed by atoms with Gasteiger partial charge in [-0.05, 0) is 48.0 Å². The number of carbonyl (C=O) groups excluding carboxylic acids is 1. The Bertz CT molecular complexity index is 1750. The molecule has 45 heavy (non-hydrogen) atoms. The van der Waals surface area contributed by atoms with Crippen molar-refractivity contribution in [2.45, 2.75) is 23.3 Å². The number of nitrogens with zero attached hydrogens (tertiary/aromatic N) is 3. The largest absolute Gasteiger partial charge is 0.468 e. The third-order valence-corrected chi connectivity index (χ3v) is 9.76. The first-order valence-electron chi connectivity index (χ1n) is 13.5. The van der Waals surface area contributed by atoms with Crippen molar-refractivity contribution in [1.29, 1.82) is 0 Å². The summed E-state index contributed by atoms with van der Waals surface area (Å²) < 4.78 is 115. The highest BCUT2D eigenvalue weighted by molar-refractivity contribution is 7.92. The van der Waals surface area contributed by atoms with Gasteiger partial charge in [0.2, 0.25) is 0 Å². The van der Waals surface area contributed by atoms with E-state index in [2.05, 4.69) is 0 Å². The molecule has 1 saturated heterocycles. The predicted molar refractivity (Wildman–Crippen MR) is 157 cm³/mol. The fourth-order valence-electron chi connectivity index (χ4n) is 5.48. The number of halogens is 7. The highest BCUT2D eigenvalue weighted by Gasteiger charge is 2.41. The van der Waals surface area contributed by atoms with Gasteiger partial charge < -0.3 is 9.64 Å². The van der Waals surface area contributed by atoms with Crippen molar-refractivity contribution in [2.24, 2.45) is 0 Å². The van der Waals surface area contributed by atoms with E-state index in [1.165, 1.54) is 37.5 Å². The molecule has 0 aromatic heterocycles. The number of methoxy groups -OCH3 is 1. The van der Waals surface area contributed by atoms with Crippen LogP contribution in [-0.2, 0) is 31.9 Å². The minimum Gasteiger partial charge on any atom is -0.468 e. The highest BCUT2D eigenvalue weighted by atomic mass is 35.5. The van der Waals surface area contributed by atoms with Crippen molar-refractivity contribution in [3.8, 4) is 0 Å². The van der Waals surface area contributed by atoms with E-state index in [0.29, 0.717) is 30.4 Å². The first kappa shape index (κ1) is 32.6. The summed E-state index contributed by atoms with van der Waals surface area (Å²) in [5.74, 6) is -0.475. The molecule has 0 N–H and O–H groups in total. The Morgan fingerprint density at radius 2 is 1.67 bits per heavy atom. The normalized spacial score (nSPS) is 17.7. The van der Waals surface area contributed by atoms with Crippen LogP contribution in [0.1, 0.15) is 22.3 Å². The van der Waals surface area contributed by atoms with E-state index in [9.17, 15) is 39.6 Å². The first-order chi connectivity index (χ1) is 21.1. The second kappa shape index (κ2) is 12.2. The lowest BCUT2D eigenvalue weighted by Gasteiger charge is -2.49. The molecule has 0 aliphatic carbocycles. The van der Waals surface area contributed by atoms with E-state index in [0.717, 1.165) is 28.6 Å². The van der Waals surface area contributed by atoms with E-state index in [4.69, 9.17) is 16.3 Å². The van der Waals surface area contributed by atoms with Gasteiger partial charge in [-0.15, -0.1) is 0 Å². The van der Waals surface area contributed by atoms with Crippen LogP contribution < -0.4 is 9.21 Å². The molecule has 2 heterocycles. The van der Waals surface area contributed by atoms with Crippen LogP contribution in [0.15, 0.2) is 65.6 Å². The molecule has 0 bridgehead atoms. The molecule has 0 saturated carbocycles. The maximum absolute atomic E-state index is 14.0. The molecule has 3 aromatic rings. The van der Waals surface area contributed by atoms with E-state index < -0.39 is 50.4 Å². The van der Waals surface area contributed by atoms with E-state index in [1.54, 1.807) is 17.0 Å². The van der Waals surface area contributed by atoms with Gasteiger partial charge in [-0.1, -0.05) is 42.0 Å². The summed E-state index contributed by atoms with van der Waals surface area (Å²) in [5, 5.41) is -0.138. The number of benzene rings is 3. The third kappa shape index (κ3) is 6.77. The summed E-state index contributed by atoms with van der Waals surface area (Å²) in [7, 11) is -3.32. The fourth-order valence-corrected chi connectivity index (χ4v) is 7.27. The van der Waals surface area contributed by atoms with Crippen molar-refractivity contribution in [2.75, 3.05) is 49.0 Å². The summed E-state index contributed by atoms with van der Waals surface area (Å²) in [6.45, 7) is 0.909. The van der Waals surface area contributed by atoms with Crippen molar-refractivity contribution >= 4 is 51.1 Å². The molecule has 1 fully saturated rings. The number of esters is 1. The summed E-state index contributed by atoms with van der Waals surface area (Å²) >= 11 is 6.08. The Morgan fingerprint density at radius 3 is 2.36 bits per heavy atom. The molecule has 1 unspecified atom stereocenters. The Hall–Kier alpha value is -3.75. The Morgan fingerprint density at radius 1 is 0.933 bits per heavy atom. The van der Waals surface area contributed by atoms with Gasteiger partial charge >= 0.3 is 18.3 Å². The van der Waals surface area contributed by atoms with Gasteiger partial charge in [-0.25, -0.2) is 8.42 Å². The van der Waals surface area contributed by atoms with Gasteiger partial charge in [0.1, 0.15) is 0 Å². The lowest BCUT2D eigenvalue weighted by Crippen LogP contribution is -2.61. The molecule has 15 heteroatoms. The Kier molecular flexibility index (Phi) is 8.86. The van der Waals surface area contributed by atoms with Crippen LogP contribution in [0.2, 0.25) is 5.02 Å². The molecular formula is C30H26ClF6N3O4S. The molecule has 5 rings (SSSR count). The lowest BCUT2D eigenvalue weighted by atomic mass is 10.0. The Balaban J connectivity index is 1.58. The first-order valence-corrected chi connectivity index (χ1v) is 15.3. The molecule has 0 spiro atoms. The summed E-state index contributed by atoms with van der Waals surface area (Å²) in [4.78, 5) is 15.1. The maximum atomic E-state index is 14.0. The quantitative estimate of drug-likeness (QED) is 0.171. The number of ether oxygens (including phenoxy) is 1. The molecule has 0 amide bonds. The number of fused-ring (bicyclic) bond motifs is 3. The standard InChI is InChI=1S/C30H26ClF6N3O4S/c1-44-28(41)18-38-12-13-39-21(16-38)17-40(45(42,43)22-5-2-4-20(15-22)29(32,33)34)27-14-19(9-11-26(27)39)8-10-23-24(30(35,36)37)6-3-7-25(23)31/h2-11,14-15,21H,12-13,16-18H2,1H3/b10-8+. The van der Waals surface area contributed by atoms with Crippen LogP contribution in [0.25, 0.3) is 12.2 Å². The minimum atomic E-state index is -4.79. The SMILES string of the molecule is COC(=O)CN1CCN2c3ccc(/C=C/c4c(Cl)cccc4C(F)(F)F)cc3N(S(=O)(=O)c3cccc(C(F)(F)F)c3)CC2C1. The van der Waals surface area contributed by atoms with Crippen LogP contribution >= 0.6 is 11.6 Å². The zero-order valence-electron chi connectivity index (χ0n) is 23.6. The molecule has 7 nitrogen and oxygen atoms in total. The number of sulfonamides is 1. The molecule has 240 valence electrons. The summed E-state index contributed by atoms with van der Waals surface area (Å²) in [6.07, 6.45) is -6.94. The smallest absolute Gasteiger partial charge is 0.417 e. The topological polar surface area (TPSA) is 70.2 Å². The van der Waals surface area contributed by atoms with Crippen LogP contribution in [0.3, 0.4) is 0 Å². The van der Waals surface area contributed by atoms with Crippen molar-refractivity contribution in [3.05, 3.63) is 87.9 Å². The fraction of sp³-hybridized carbons (Fsp3) is 0.300. The minimum absolute atomic E-state index is 0.0280. The molecule has 2 aliphatic heterocycles. The van der Waals surface area contributed by atoms with Gasteiger partial charge in [-0.2, -0.15) is 26.3 Å². The Labute approximate surface area is 260 Å². The number of hydrogen-bond donors (Lipinski definition) is 0. The predicted octanol–water partition coefficient (Wildman–Crippen LogP) is 6.42. The number of hydrogen-bond acceptors (Lipinski definition) is 6. The van der Waals surface area contributed by atoms with Crippen LogP contribution in [0.4, 0.5) is 37.7 Å². The van der Waals surface area contributed by atoms with Gasteiger partial charge in [0.05, 0.1) is 53.6 Å². The van der Waals surface area contributed by atoms with E-state index in [1.807, 2.05) is 4.90 Å². The van der Waals surface area contributed by atoms with Gasteiger partial charge in [0, 0.05) is 30.2 Å². The van der Waals surface area contributed by atoms with Crippen LogP contribution in [-0.4, -0.2) is 65.2 Å². The molecule has 2 aliphatic rings. The molecular weight excluding hydrogens is 648 g/mol. The second-order valence-electron chi connectivity index (χ2n) is 10.5. The number of piperazine rings is 1. The summed E-state index contributed by atoms with van der Waals surface area (Å²) in [5.41, 5.74) is -1.44. The molecule has 3 aromatic carbocycles. The summed E-state index contributed by atoms with van der Waals surface area (Å²) in [6, 6.07) is 11.0. The average Bonchev–Trinajstić information content (AvgIpc) is 2.98. The van der Waals surface area contributed by atoms with Crippen molar-refractivity contribution < 1.29 is 44.3 Å². The van der Waals surface area contributed by atoms with Crippen molar-refractivity contribution in [1.82, 2.24) is 4.90 Å². The van der Waals surface area contributed by atoms with Crippen LogP contribution in [0.5, 0.6) is 0 Å². The third-order valence-electron chi connectivity index (χ3n) is 7.65. The van der Waals surface area contributed by atoms with Gasteiger partial charge in [0.15, 0.2) is 0 Å². The van der Waals surface area contributed by atoms with E-state index >= 15 is 0 Å². The van der Waals surface area contributed by atoms with Gasteiger partial charge in [-0.3, -0.25) is 14.0 Å². The lowest BCUT2D eigenvalue weighted by molar-refractivity contribution is -0.142. The monoisotopic (exact) mass is 673 g/mol. The number of carbonyl (C=O) groups is 1. The van der Waals surface area contributed by atoms with Crippen molar-refractivity contribution in [3.63, 3.8) is 0 Å². The second-order valence-corrected chi connectivity index (χ2v) is 12.8. The molecule has 0 radical (unpaired) electrons. The number of anilines is 2. The van der Waals surface area contributed by atoms with Crippen LogP contribution in [0, 0.1) is 0 Å². The number of rotatable bonds is 6.